The normalized spacial score (nSPS) is 11.5. The lowest BCUT2D eigenvalue weighted by molar-refractivity contribution is -0.902. The van der Waals surface area contributed by atoms with Crippen LogP contribution in [0.25, 0.3) is 0 Å². The van der Waals surface area contributed by atoms with Gasteiger partial charge >= 0.3 is 0 Å². The van der Waals surface area contributed by atoms with Gasteiger partial charge in [0.05, 0.1) is 60.7 Å². The molecule has 0 aromatic heterocycles. The van der Waals surface area contributed by atoms with Crippen molar-refractivity contribution in [1.82, 2.24) is 16.0 Å². The number of hydrogen-bond donors (Lipinski definition) is 5. The zero-order valence-corrected chi connectivity index (χ0v) is 75.7. The number of carbonyl (C=O) groups excluding carboxylic acids is 3. The van der Waals surface area contributed by atoms with Crippen LogP contribution in [0, 0.1) is 0 Å². The Morgan fingerprint density at radius 1 is 0.355 bits per heavy atom. The number of halogens is 2. The number of amides is 3. The molecule has 0 heterocycles. The first-order valence-corrected chi connectivity index (χ1v) is 46.9. The highest BCUT2D eigenvalue weighted by Crippen LogP contribution is 2.18. The standard InChI is InChI=1S/C32H58N2O2.C28H58N2O4.C28H58N2O2.CH4O4S.2ClH/c1-4-5-6-7-8-9-10-11-12-13-14-15-16-17-18-22-27-36-28-23-26-33-32(35)30-34(2,3)29-31-24-20-19-21-25-31;1-3-4-5-6-7-8-9-10-11-12-13-14-15-16-17-18-25-34-26-19-20-29-28(33)27-30(2,21-23-31)22-24-32;1-5-8-9-10-11-12-13-14-15-16-17-18-19-20-21-22-25-32-26-23-24-29-28(31)27-30(4,6-2)7-3;1-6(3,4)5-2;;/h19-21,24-25H,4-18,22-23,26-30H2,1-3H3;31-32H,3-27H2,1-2H3;5-27H2,1-4H3;2H,1H3;2*1H. The number of nitrogens with one attached hydrogen (secondary N) is 3. The number of hydrogen-bond acceptors (Lipinski definition) is 12. The Labute approximate surface area is 692 Å². The molecule has 0 radical (unpaired) electrons. The van der Waals surface area contributed by atoms with Crippen molar-refractivity contribution in [1.29, 1.82) is 0 Å². The molecule has 0 atom stereocenters. The first-order valence-electron chi connectivity index (χ1n) is 45.0. The fourth-order valence-corrected chi connectivity index (χ4v) is 13.4. The molecule has 0 bridgehead atoms. The highest BCUT2D eigenvalue weighted by molar-refractivity contribution is 7.85. The van der Waals surface area contributed by atoms with Crippen molar-refractivity contribution in [2.24, 2.45) is 0 Å². The third-order valence-electron chi connectivity index (χ3n) is 20.8. The van der Waals surface area contributed by atoms with Crippen LogP contribution in [-0.4, -0.2) is 203 Å². The number of unbranched alkanes of at least 4 members (excludes halogenated alkanes) is 45. The molecule has 3 amide bonds. The van der Waals surface area contributed by atoms with Crippen LogP contribution in [0.15, 0.2) is 30.3 Å². The number of aliphatic hydroxyl groups is 2. The van der Waals surface area contributed by atoms with Gasteiger partial charge in [-0.3, -0.25) is 14.4 Å². The molecule has 658 valence electrons. The second-order valence-electron chi connectivity index (χ2n) is 32.4. The van der Waals surface area contributed by atoms with Gasteiger partial charge in [0.15, 0.2) is 19.6 Å². The summed E-state index contributed by atoms with van der Waals surface area (Å²) in [7, 11) is 4.51. The van der Waals surface area contributed by atoms with E-state index in [1.165, 1.54) is 301 Å². The minimum atomic E-state index is -3.72. The minimum absolute atomic E-state index is 0. The summed E-state index contributed by atoms with van der Waals surface area (Å²) in [6.07, 6.45) is 70.0. The van der Waals surface area contributed by atoms with Gasteiger partial charge in [-0.1, -0.05) is 340 Å². The number of rotatable bonds is 78. The molecule has 21 heteroatoms. The highest BCUT2D eigenvalue weighted by atomic mass is 35.5. The molecule has 0 aliphatic rings. The number of nitrogens with zero attached hydrogens (tertiary/aromatic N) is 3. The summed E-state index contributed by atoms with van der Waals surface area (Å²) in [6.45, 7) is 23.0. The number of quaternary nitrogens is 3. The Morgan fingerprint density at radius 2 is 0.573 bits per heavy atom. The SMILES string of the molecule is CCCCCCCCCCCCCCCCCCOCCCNC(=O)C[N+](C)(C)Cc1ccccc1.CCCCCCCCCCCCCCCCCCOCCCNC(=O)C[N+](C)(CC)CC.CCCCCCCCCCCCCCCCCCOCCCNC(=O)C[N+](C)(CCO)CCO.CS(=O)(=O)O[O-].[Cl-].[Cl-]. The van der Waals surface area contributed by atoms with E-state index in [1.807, 2.05) is 13.1 Å². The number of likely N-dealkylation sites (N-methyl/N-ethyl adjacent to an activating group) is 3. The molecule has 1 rings (SSSR count). The van der Waals surface area contributed by atoms with Crippen LogP contribution < -0.4 is 46.0 Å². The Balaban J connectivity index is -0.000000478. The molecule has 5 N–H and O–H groups in total. The van der Waals surface area contributed by atoms with E-state index in [9.17, 15) is 22.8 Å². The summed E-state index contributed by atoms with van der Waals surface area (Å²) in [5, 5.41) is 36.2. The number of ether oxygens (including phenoxy) is 3. The fraction of sp³-hybridized carbons (Fsp3) is 0.899. The van der Waals surface area contributed by atoms with Crippen molar-refractivity contribution in [3.63, 3.8) is 0 Å². The number of carbonyl (C=O) groups is 3. The minimum Gasteiger partial charge on any atom is -1.00 e. The molecule has 0 saturated carbocycles. The zero-order chi connectivity index (χ0) is 80.3. The van der Waals surface area contributed by atoms with Crippen molar-refractivity contribution in [3.8, 4) is 0 Å². The molecule has 0 aliphatic heterocycles. The quantitative estimate of drug-likeness (QED) is 0.0178. The van der Waals surface area contributed by atoms with Crippen LogP contribution in [0.4, 0.5) is 0 Å². The average Bonchev–Trinajstić information content (AvgIpc) is 0.914. The average molecular weight is 1630 g/mol. The van der Waals surface area contributed by atoms with Gasteiger partial charge in [0, 0.05) is 64.8 Å². The van der Waals surface area contributed by atoms with Crippen LogP contribution in [0.2, 0.25) is 0 Å². The molecule has 1 aromatic rings. The third kappa shape index (κ3) is 92.9. The van der Waals surface area contributed by atoms with E-state index in [0.717, 1.165) is 95.8 Å². The smallest absolute Gasteiger partial charge is 0.275 e. The molecule has 0 fully saturated rings. The van der Waals surface area contributed by atoms with Crippen molar-refractivity contribution in [2.75, 3.05) is 153 Å². The summed E-state index contributed by atoms with van der Waals surface area (Å²) >= 11 is 0. The summed E-state index contributed by atoms with van der Waals surface area (Å²) < 4.78 is 40.6. The van der Waals surface area contributed by atoms with Crippen molar-refractivity contribution >= 4 is 27.8 Å². The summed E-state index contributed by atoms with van der Waals surface area (Å²) in [5.74, 6) is 0.241. The largest absolute Gasteiger partial charge is 1.00 e. The van der Waals surface area contributed by atoms with E-state index >= 15 is 0 Å². The van der Waals surface area contributed by atoms with Gasteiger partial charge in [0.1, 0.15) is 19.6 Å². The number of benzene rings is 1. The topological polar surface area (TPSA) is 222 Å². The van der Waals surface area contributed by atoms with E-state index in [0.29, 0.717) is 61.1 Å². The fourth-order valence-electron chi connectivity index (χ4n) is 13.4. The van der Waals surface area contributed by atoms with E-state index in [4.69, 9.17) is 29.7 Å². The lowest BCUT2D eigenvalue weighted by atomic mass is 10.0. The molecule has 0 aliphatic carbocycles. The van der Waals surface area contributed by atoms with Gasteiger partial charge in [0.25, 0.3) is 27.8 Å². The predicted molar refractivity (Wildman–Crippen MR) is 454 cm³/mol. The first-order chi connectivity index (χ1) is 52.2. The predicted octanol–water partition coefficient (Wildman–Crippen LogP) is 12.8. The maximum absolute atomic E-state index is 12.3. The van der Waals surface area contributed by atoms with E-state index in [2.05, 4.69) is 100 Å². The molecular weight excluding hydrogens is 1450 g/mol. The van der Waals surface area contributed by atoms with Gasteiger partial charge in [-0.2, -0.15) is 0 Å². The summed E-state index contributed by atoms with van der Waals surface area (Å²) in [5.41, 5.74) is 1.26. The molecule has 0 spiro atoms. The molecule has 18 nitrogen and oxygen atoms in total. The van der Waals surface area contributed by atoms with Gasteiger partial charge in [-0.25, -0.2) is 8.42 Å². The Bertz CT molecular complexity index is 2140. The van der Waals surface area contributed by atoms with E-state index in [1.54, 1.807) is 0 Å². The van der Waals surface area contributed by atoms with Crippen LogP contribution in [-0.2, 0) is 49.6 Å². The van der Waals surface area contributed by atoms with Crippen LogP contribution in [0.3, 0.4) is 0 Å². The highest BCUT2D eigenvalue weighted by Gasteiger charge is 2.25. The number of aliphatic hydroxyl groups excluding tert-OH is 2. The van der Waals surface area contributed by atoms with E-state index in [-0.39, 0.29) is 62.3 Å². The van der Waals surface area contributed by atoms with Crippen LogP contribution in [0.5, 0.6) is 0 Å². The van der Waals surface area contributed by atoms with Gasteiger partial charge in [-0.15, -0.1) is 0 Å². The third-order valence-corrected chi connectivity index (χ3v) is 21.0. The molecule has 0 saturated heterocycles. The summed E-state index contributed by atoms with van der Waals surface area (Å²) in [6, 6.07) is 10.4. The van der Waals surface area contributed by atoms with Crippen molar-refractivity contribution in [3.05, 3.63) is 35.9 Å². The van der Waals surface area contributed by atoms with Gasteiger partial charge < -0.3 is 88.2 Å². The Hall–Kier alpha value is -2.24. The van der Waals surface area contributed by atoms with Crippen molar-refractivity contribution < 1.29 is 95.1 Å². The van der Waals surface area contributed by atoms with E-state index < -0.39 is 10.1 Å². The second-order valence-corrected chi connectivity index (χ2v) is 34.0. The second kappa shape index (κ2) is 89.1. The van der Waals surface area contributed by atoms with Crippen LogP contribution >= 0.6 is 0 Å². The maximum atomic E-state index is 12.3. The zero-order valence-electron chi connectivity index (χ0n) is 73.4. The lowest BCUT2D eigenvalue weighted by Gasteiger charge is -2.32. The molecular formula is C89H180Cl2N6O12S. The van der Waals surface area contributed by atoms with Gasteiger partial charge in [0.2, 0.25) is 0 Å². The molecule has 0 unspecified atom stereocenters. The molecule has 110 heavy (non-hydrogen) atoms. The summed E-state index contributed by atoms with van der Waals surface area (Å²) in [4.78, 5) is 36.4. The monoisotopic (exact) mass is 1630 g/mol. The van der Waals surface area contributed by atoms with Crippen molar-refractivity contribution in [2.45, 2.75) is 369 Å². The molecule has 1 aromatic carbocycles. The lowest BCUT2D eigenvalue weighted by Crippen LogP contribution is -3.00. The Kier molecular flexibility index (Phi) is 94.2. The first kappa shape index (κ1) is 116. The van der Waals surface area contributed by atoms with Gasteiger partial charge in [-0.05, 0) is 52.4 Å². The van der Waals surface area contributed by atoms with Crippen LogP contribution in [0.1, 0.15) is 368 Å². The Morgan fingerprint density at radius 3 is 0.800 bits per heavy atom. The maximum Gasteiger partial charge on any atom is 0.275 e.